The van der Waals surface area contributed by atoms with Gasteiger partial charge in [0.25, 0.3) is 0 Å². The molecule has 0 aliphatic carbocycles. The van der Waals surface area contributed by atoms with Gasteiger partial charge in [0, 0.05) is 18.0 Å². The number of benzene rings is 1. The molecule has 0 unspecified atom stereocenters. The third-order valence-corrected chi connectivity index (χ3v) is 2.72. The van der Waals surface area contributed by atoms with Gasteiger partial charge in [-0.05, 0) is 24.7 Å². The highest BCUT2D eigenvalue weighted by Gasteiger charge is 2.09. The molecule has 0 aliphatic rings. The van der Waals surface area contributed by atoms with Crippen LogP contribution in [0.5, 0.6) is 0 Å². The van der Waals surface area contributed by atoms with Crippen molar-refractivity contribution < 1.29 is 5.11 Å². The quantitative estimate of drug-likeness (QED) is 0.842. The zero-order valence-corrected chi connectivity index (χ0v) is 9.61. The van der Waals surface area contributed by atoms with Crippen molar-refractivity contribution in [3.05, 3.63) is 29.0 Å². The van der Waals surface area contributed by atoms with E-state index in [1.807, 2.05) is 22.8 Å². The molecule has 0 amide bonds. The number of nitrogens with two attached hydrogens (primary N) is 1. The summed E-state index contributed by atoms with van der Waals surface area (Å²) in [6.07, 6.45) is 0.701. The van der Waals surface area contributed by atoms with Crippen LogP contribution in [0.3, 0.4) is 0 Å². The molecule has 3 N–H and O–H groups in total. The van der Waals surface area contributed by atoms with Gasteiger partial charge in [-0.1, -0.05) is 11.6 Å². The summed E-state index contributed by atoms with van der Waals surface area (Å²) in [5.41, 5.74) is 7.37. The molecule has 0 aliphatic heterocycles. The number of aromatic nitrogens is 2. The van der Waals surface area contributed by atoms with Crippen LogP contribution in [0.1, 0.15) is 5.82 Å². The molecular weight excluding hydrogens is 226 g/mol. The number of aliphatic hydroxyl groups excluding tert-OH is 1. The van der Waals surface area contributed by atoms with Crippen LogP contribution in [-0.2, 0) is 13.0 Å². The van der Waals surface area contributed by atoms with E-state index >= 15 is 0 Å². The molecule has 1 heterocycles. The van der Waals surface area contributed by atoms with Crippen LogP contribution < -0.4 is 5.73 Å². The lowest BCUT2D eigenvalue weighted by Crippen LogP contribution is -2.11. The van der Waals surface area contributed by atoms with Gasteiger partial charge in [-0.25, -0.2) is 4.98 Å². The van der Waals surface area contributed by atoms with Crippen LogP contribution >= 0.6 is 11.6 Å². The summed E-state index contributed by atoms with van der Waals surface area (Å²) in [4.78, 5) is 4.47. The second kappa shape index (κ2) is 4.82. The Kier molecular flexibility index (Phi) is 3.43. The van der Waals surface area contributed by atoms with E-state index in [1.165, 1.54) is 0 Å². The molecule has 1 aromatic carbocycles. The lowest BCUT2D eigenvalue weighted by Gasteiger charge is -2.05. The smallest absolute Gasteiger partial charge is 0.111 e. The average molecular weight is 240 g/mol. The van der Waals surface area contributed by atoms with Crippen molar-refractivity contribution in [3.63, 3.8) is 0 Å². The van der Waals surface area contributed by atoms with Crippen molar-refractivity contribution >= 4 is 22.6 Å². The van der Waals surface area contributed by atoms with Gasteiger partial charge in [-0.3, -0.25) is 0 Å². The van der Waals surface area contributed by atoms with Gasteiger partial charge in [0.1, 0.15) is 5.82 Å². The fourth-order valence-corrected chi connectivity index (χ4v) is 1.99. The normalized spacial score (nSPS) is 11.2. The minimum Gasteiger partial charge on any atom is -0.395 e. The van der Waals surface area contributed by atoms with Gasteiger partial charge in [0.05, 0.1) is 17.6 Å². The highest BCUT2D eigenvalue weighted by atomic mass is 35.5. The summed E-state index contributed by atoms with van der Waals surface area (Å²) >= 11 is 5.91. The molecule has 0 saturated carbocycles. The third kappa shape index (κ3) is 2.04. The number of rotatable bonds is 4. The van der Waals surface area contributed by atoms with E-state index < -0.39 is 0 Å². The molecule has 0 fully saturated rings. The summed E-state index contributed by atoms with van der Waals surface area (Å²) in [5.74, 6) is 0.897. The zero-order valence-electron chi connectivity index (χ0n) is 8.86. The zero-order chi connectivity index (χ0) is 11.5. The highest BCUT2D eigenvalue weighted by molar-refractivity contribution is 6.31. The second-order valence-electron chi connectivity index (χ2n) is 3.57. The monoisotopic (exact) mass is 239 g/mol. The van der Waals surface area contributed by atoms with Crippen LogP contribution in [0.2, 0.25) is 5.02 Å². The Morgan fingerprint density at radius 3 is 2.94 bits per heavy atom. The fraction of sp³-hybridized carbons (Fsp3) is 0.364. The first-order valence-electron chi connectivity index (χ1n) is 5.22. The number of hydrogen-bond donors (Lipinski definition) is 2. The van der Waals surface area contributed by atoms with E-state index in [-0.39, 0.29) is 6.61 Å². The Balaban J connectivity index is 2.56. The van der Waals surface area contributed by atoms with Crippen LogP contribution in [-0.4, -0.2) is 27.8 Å². The van der Waals surface area contributed by atoms with Gasteiger partial charge in [-0.15, -0.1) is 0 Å². The maximum Gasteiger partial charge on any atom is 0.111 e. The Morgan fingerprint density at radius 1 is 1.44 bits per heavy atom. The maximum absolute atomic E-state index is 9.04. The summed E-state index contributed by atoms with van der Waals surface area (Å²) < 4.78 is 1.98. The molecule has 0 atom stereocenters. The molecule has 0 bridgehead atoms. The van der Waals surface area contributed by atoms with Crippen LogP contribution in [0.4, 0.5) is 0 Å². The third-order valence-electron chi connectivity index (χ3n) is 2.48. The van der Waals surface area contributed by atoms with E-state index in [9.17, 15) is 0 Å². The molecule has 0 saturated heterocycles. The van der Waals surface area contributed by atoms with Crippen molar-refractivity contribution in [2.45, 2.75) is 13.0 Å². The molecule has 4 nitrogen and oxygen atoms in total. The van der Waals surface area contributed by atoms with Crippen molar-refractivity contribution in [3.8, 4) is 0 Å². The summed E-state index contributed by atoms with van der Waals surface area (Å²) in [6.45, 7) is 1.17. The van der Waals surface area contributed by atoms with Crippen LogP contribution in [0.15, 0.2) is 18.2 Å². The van der Waals surface area contributed by atoms with Gasteiger partial charge in [0.15, 0.2) is 0 Å². The van der Waals surface area contributed by atoms with Crippen molar-refractivity contribution in [2.24, 2.45) is 5.73 Å². The first-order valence-corrected chi connectivity index (χ1v) is 5.59. The van der Waals surface area contributed by atoms with Crippen LogP contribution in [0, 0.1) is 0 Å². The van der Waals surface area contributed by atoms with Crippen LogP contribution in [0.25, 0.3) is 11.0 Å². The minimum absolute atomic E-state index is 0.0889. The summed E-state index contributed by atoms with van der Waals surface area (Å²) in [6, 6.07) is 5.57. The first-order chi connectivity index (χ1) is 7.76. The minimum atomic E-state index is 0.0889. The number of imidazole rings is 1. The standard InChI is InChI=1S/C11H14ClN3O/c12-8-1-2-10-9(7-8)14-11(3-4-13)15(10)5-6-16/h1-2,7,16H,3-6,13H2. The number of halogens is 1. The average Bonchev–Trinajstić information content (AvgIpc) is 2.57. The highest BCUT2D eigenvalue weighted by Crippen LogP contribution is 2.20. The van der Waals surface area contributed by atoms with Crippen molar-refractivity contribution in [2.75, 3.05) is 13.2 Å². The number of aliphatic hydroxyl groups is 1. The van der Waals surface area contributed by atoms with E-state index in [2.05, 4.69) is 4.98 Å². The SMILES string of the molecule is NCCc1nc2cc(Cl)ccc2n1CCO. The molecular formula is C11H14ClN3O. The lowest BCUT2D eigenvalue weighted by atomic mass is 10.3. The topological polar surface area (TPSA) is 64.1 Å². The van der Waals surface area contributed by atoms with Gasteiger partial charge >= 0.3 is 0 Å². The van der Waals surface area contributed by atoms with E-state index in [4.69, 9.17) is 22.4 Å². The fourth-order valence-electron chi connectivity index (χ4n) is 1.82. The Morgan fingerprint density at radius 2 is 2.25 bits per heavy atom. The molecule has 2 aromatic rings. The van der Waals surface area contributed by atoms with Crippen molar-refractivity contribution in [1.29, 1.82) is 0 Å². The summed E-state index contributed by atoms with van der Waals surface area (Å²) in [7, 11) is 0. The lowest BCUT2D eigenvalue weighted by molar-refractivity contribution is 0.276. The van der Waals surface area contributed by atoms with E-state index in [0.717, 1.165) is 16.9 Å². The van der Waals surface area contributed by atoms with E-state index in [1.54, 1.807) is 0 Å². The van der Waals surface area contributed by atoms with Gasteiger partial charge in [-0.2, -0.15) is 0 Å². The first kappa shape index (κ1) is 11.4. The number of hydrogen-bond acceptors (Lipinski definition) is 3. The molecule has 16 heavy (non-hydrogen) atoms. The molecule has 5 heteroatoms. The summed E-state index contributed by atoms with van der Waals surface area (Å²) in [5, 5.41) is 9.71. The predicted molar refractivity (Wildman–Crippen MR) is 64.6 cm³/mol. The molecule has 1 aromatic heterocycles. The Bertz CT molecular complexity index is 495. The molecule has 0 radical (unpaired) electrons. The Labute approximate surface area is 98.6 Å². The van der Waals surface area contributed by atoms with Crippen molar-refractivity contribution in [1.82, 2.24) is 9.55 Å². The Hall–Kier alpha value is -1.10. The molecule has 2 rings (SSSR count). The second-order valence-corrected chi connectivity index (χ2v) is 4.01. The predicted octanol–water partition coefficient (Wildman–Crippen LogP) is 1.18. The van der Waals surface area contributed by atoms with E-state index in [0.29, 0.717) is 24.5 Å². The maximum atomic E-state index is 9.04. The number of nitrogens with zero attached hydrogens (tertiary/aromatic N) is 2. The molecule has 0 spiro atoms. The largest absolute Gasteiger partial charge is 0.395 e. The number of fused-ring (bicyclic) bond motifs is 1. The van der Waals surface area contributed by atoms with Gasteiger partial charge in [0.2, 0.25) is 0 Å². The molecule has 86 valence electrons. The van der Waals surface area contributed by atoms with Gasteiger partial charge < -0.3 is 15.4 Å².